The maximum atomic E-state index is 5.55. The molecule has 3 aromatic heterocycles. The first kappa shape index (κ1) is 28.9. The lowest BCUT2D eigenvalue weighted by Gasteiger charge is -2.28. The number of hydrogen-bond donors (Lipinski definition) is 1. The summed E-state index contributed by atoms with van der Waals surface area (Å²) in [6.45, 7) is 0. The number of rotatable bonds is 3. The summed E-state index contributed by atoms with van der Waals surface area (Å²) in [5, 5.41) is 13.9. The first-order valence-electron chi connectivity index (χ1n) is 18.1. The number of hydrogen-bond acceptors (Lipinski definition) is 3. The van der Waals surface area contributed by atoms with Crippen LogP contribution in [0.2, 0.25) is 0 Å². The van der Waals surface area contributed by atoms with E-state index < -0.39 is 0 Å². The van der Waals surface area contributed by atoms with Gasteiger partial charge in [-0.05, 0) is 53.2 Å². The van der Waals surface area contributed by atoms with Crippen molar-refractivity contribution in [3.8, 4) is 5.69 Å². The molecule has 0 saturated heterocycles. The molecule has 0 spiro atoms. The molecule has 0 fully saturated rings. The van der Waals surface area contributed by atoms with Crippen LogP contribution < -0.4 is 5.32 Å². The number of nitrogens with one attached hydrogen (secondary N) is 1. The van der Waals surface area contributed by atoms with Crippen LogP contribution in [0.25, 0.3) is 80.2 Å². The van der Waals surface area contributed by atoms with E-state index in [-0.39, 0.29) is 6.29 Å². The van der Waals surface area contributed by atoms with Gasteiger partial charge in [0.1, 0.15) is 0 Å². The van der Waals surface area contributed by atoms with Gasteiger partial charge in [0, 0.05) is 59.5 Å². The Kier molecular flexibility index (Phi) is 5.96. The van der Waals surface area contributed by atoms with Crippen molar-refractivity contribution >= 4 is 97.3 Å². The van der Waals surface area contributed by atoms with Crippen molar-refractivity contribution in [2.75, 3.05) is 5.32 Å². The van der Waals surface area contributed by atoms with Gasteiger partial charge >= 0.3 is 0 Å². The lowest BCUT2D eigenvalue weighted by atomic mass is 9.99. The molecule has 0 bridgehead atoms. The van der Waals surface area contributed by atoms with Crippen LogP contribution in [-0.4, -0.2) is 14.8 Å². The second-order valence-corrected chi connectivity index (χ2v) is 15.0. The number of para-hydroxylation sites is 2. The van der Waals surface area contributed by atoms with Gasteiger partial charge in [0.05, 0.1) is 32.5 Å². The number of aliphatic imine (C=N–C) groups is 1. The van der Waals surface area contributed by atoms with E-state index in [9.17, 15) is 0 Å². The molecule has 8 aromatic carbocycles. The average molecular weight is 695 g/mol. The van der Waals surface area contributed by atoms with Crippen LogP contribution in [-0.2, 0) is 0 Å². The van der Waals surface area contributed by atoms with Crippen molar-refractivity contribution in [3.05, 3.63) is 181 Å². The average Bonchev–Trinajstić information content (AvgIpc) is 3.87. The maximum absolute atomic E-state index is 5.55. The Labute approximate surface area is 308 Å². The Morgan fingerprint density at radius 3 is 2.15 bits per heavy atom. The summed E-state index contributed by atoms with van der Waals surface area (Å²) in [6, 6.07) is 61.6. The van der Waals surface area contributed by atoms with E-state index in [1.54, 1.807) is 0 Å². The zero-order chi connectivity index (χ0) is 34.6. The summed E-state index contributed by atoms with van der Waals surface area (Å²) in [5.41, 5.74) is 10.2. The monoisotopic (exact) mass is 694 g/mol. The Bertz CT molecular complexity index is 3310. The number of thiophene rings is 1. The second-order valence-electron chi connectivity index (χ2n) is 14.0. The fourth-order valence-electron chi connectivity index (χ4n) is 8.82. The molecule has 0 radical (unpaired) electrons. The number of fused-ring (bicyclic) bond motifs is 13. The predicted molar refractivity (Wildman–Crippen MR) is 225 cm³/mol. The molecule has 0 saturated carbocycles. The third-order valence-electron chi connectivity index (χ3n) is 11.1. The molecular formula is C48H30N4S. The number of nitrogens with zero attached hydrogens (tertiary/aromatic N) is 3. The van der Waals surface area contributed by atoms with Crippen LogP contribution in [0.5, 0.6) is 0 Å². The van der Waals surface area contributed by atoms with Gasteiger partial charge < -0.3 is 14.5 Å². The molecule has 4 nitrogen and oxygen atoms in total. The van der Waals surface area contributed by atoms with Crippen molar-refractivity contribution in [2.24, 2.45) is 4.99 Å². The minimum Gasteiger partial charge on any atom is -0.346 e. The fourth-order valence-corrected chi connectivity index (χ4v) is 10.1. The highest BCUT2D eigenvalue weighted by Gasteiger charge is 2.27. The minimum atomic E-state index is -0.373. The quantitative estimate of drug-likeness (QED) is 0.196. The van der Waals surface area contributed by atoms with Crippen LogP contribution in [0.4, 0.5) is 5.69 Å². The van der Waals surface area contributed by atoms with Gasteiger partial charge in [-0.1, -0.05) is 127 Å². The third kappa shape index (κ3) is 4.08. The summed E-state index contributed by atoms with van der Waals surface area (Å²) < 4.78 is 7.54. The highest BCUT2D eigenvalue weighted by Crippen LogP contribution is 2.46. The van der Waals surface area contributed by atoms with E-state index in [4.69, 9.17) is 4.99 Å². The number of aromatic nitrogens is 2. The summed E-state index contributed by atoms with van der Waals surface area (Å²) >= 11 is 1.89. The zero-order valence-electron chi connectivity index (χ0n) is 28.5. The summed E-state index contributed by atoms with van der Waals surface area (Å²) in [7, 11) is 0. The number of benzene rings is 8. The van der Waals surface area contributed by atoms with E-state index in [1.807, 2.05) is 11.3 Å². The molecule has 4 heterocycles. The van der Waals surface area contributed by atoms with Crippen molar-refractivity contribution in [2.45, 2.75) is 6.29 Å². The first-order valence-corrected chi connectivity index (χ1v) is 18.9. The molecule has 1 unspecified atom stereocenters. The van der Waals surface area contributed by atoms with E-state index in [0.717, 1.165) is 39.2 Å². The molecular weight excluding hydrogens is 665 g/mol. The SMILES string of the molecule is c1ccc(C2=NC(n3c4cc5c(cc4c4c6ccccc6ccc43)c3ccc4c6ccccc6sc4c3n5-c3ccccc3)Nc3ccccc32)cc1. The van der Waals surface area contributed by atoms with Crippen LogP contribution >= 0.6 is 11.3 Å². The largest absolute Gasteiger partial charge is 0.346 e. The summed E-state index contributed by atoms with van der Waals surface area (Å²) in [4.78, 5) is 5.55. The highest BCUT2D eigenvalue weighted by molar-refractivity contribution is 7.26. The highest BCUT2D eigenvalue weighted by atomic mass is 32.1. The van der Waals surface area contributed by atoms with Crippen LogP contribution in [0.1, 0.15) is 17.4 Å². The van der Waals surface area contributed by atoms with Crippen molar-refractivity contribution < 1.29 is 0 Å². The molecule has 0 aliphatic carbocycles. The molecule has 1 atom stereocenters. The van der Waals surface area contributed by atoms with Gasteiger partial charge in [-0.15, -0.1) is 11.3 Å². The summed E-state index contributed by atoms with van der Waals surface area (Å²) in [5.74, 6) is 0. The fraction of sp³-hybridized carbons (Fsp3) is 0.0208. The Morgan fingerprint density at radius 2 is 1.26 bits per heavy atom. The maximum Gasteiger partial charge on any atom is 0.201 e. The molecule has 12 rings (SSSR count). The molecule has 248 valence electrons. The molecule has 1 aliphatic rings. The summed E-state index contributed by atoms with van der Waals surface area (Å²) in [6.07, 6.45) is -0.373. The van der Waals surface area contributed by atoms with E-state index in [0.29, 0.717) is 0 Å². The molecule has 5 heteroatoms. The van der Waals surface area contributed by atoms with Crippen LogP contribution in [0.3, 0.4) is 0 Å². The molecule has 0 amide bonds. The molecule has 1 aliphatic heterocycles. The lowest BCUT2D eigenvalue weighted by molar-refractivity contribution is 0.625. The van der Waals surface area contributed by atoms with Crippen molar-refractivity contribution in [1.82, 2.24) is 9.13 Å². The van der Waals surface area contributed by atoms with Crippen molar-refractivity contribution in [1.29, 1.82) is 0 Å². The van der Waals surface area contributed by atoms with Gasteiger partial charge in [-0.2, -0.15) is 0 Å². The Balaban J connectivity index is 1.25. The lowest BCUT2D eigenvalue weighted by Crippen LogP contribution is -2.24. The molecule has 11 aromatic rings. The second kappa shape index (κ2) is 10.9. The van der Waals surface area contributed by atoms with E-state index in [1.165, 1.54) is 63.5 Å². The zero-order valence-corrected chi connectivity index (χ0v) is 29.3. The van der Waals surface area contributed by atoms with Gasteiger partial charge in [0.15, 0.2) is 0 Å². The van der Waals surface area contributed by atoms with Crippen LogP contribution in [0.15, 0.2) is 175 Å². The van der Waals surface area contributed by atoms with Gasteiger partial charge in [-0.25, -0.2) is 4.99 Å². The Morgan fingerprint density at radius 1 is 0.528 bits per heavy atom. The van der Waals surface area contributed by atoms with Crippen LogP contribution in [0, 0.1) is 0 Å². The topological polar surface area (TPSA) is 34.2 Å². The Hall–Kier alpha value is -6.69. The minimum absolute atomic E-state index is 0.373. The van der Waals surface area contributed by atoms with Gasteiger partial charge in [0.25, 0.3) is 0 Å². The smallest absolute Gasteiger partial charge is 0.201 e. The van der Waals surface area contributed by atoms with E-state index >= 15 is 0 Å². The van der Waals surface area contributed by atoms with Gasteiger partial charge in [0.2, 0.25) is 6.29 Å². The predicted octanol–water partition coefficient (Wildman–Crippen LogP) is 12.8. The standard InChI is InChI=1S/C48H30N4S/c1-3-14-30(15-4-1)45-36-20-9-11-21-39(36)49-48(50-45)52-40-26-23-29-13-7-8-18-32(29)44(40)38-27-37-34-24-25-35-33-19-10-12-22-43(33)53-47(35)46(34)51(41(37)28-42(38)52)31-16-5-2-6-17-31/h1-28,48-49H. The normalized spacial score (nSPS) is 14.5. The third-order valence-corrected chi connectivity index (χ3v) is 12.3. The first-order chi connectivity index (χ1) is 26.3. The van der Waals surface area contributed by atoms with E-state index in [2.05, 4.69) is 184 Å². The number of anilines is 1. The van der Waals surface area contributed by atoms with Gasteiger partial charge in [-0.3, -0.25) is 0 Å². The van der Waals surface area contributed by atoms with Crippen molar-refractivity contribution in [3.63, 3.8) is 0 Å². The molecule has 1 N–H and O–H groups in total. The molecule has 53 heavy (non-hydrogen) atoms.